The highest BCUT2D eigenvalue weighted by atomic mass is 35.5. The van der Waals surface area contributed by atoms with Crippen molar-refractivity contribution in [2.45, 2.75) is 31.3 Å². The molecule has 2 amide bonds. The molecule has 1 aliphatic carbocycles. The van der Waals surface area contributed by atoms with Crippen LogP contribution in [0.25, 0.3) is 0 Å². The summed E-state index contributed by atoms with van der Waals surface area (Å²) >= 11 is 11.9. The quantitative estimate of drug-likeness (QED) is 0.282. The number of hydrogen-bond donors (Lipinski definition) is 4. The Hall–Kier alpha value is -3.83. The molecule has 2 atom stereocenters. The van der Waals surface area contributed by atoms with Gasteiger partial charge in [0, 0.05) is 44.2 Å². The first-order valence-electron chi connectivity index (χ1n) is 12.0. The van der Waals surface area contributed by atoms with Crippen LogP contribution in [0.2, 0.25) is 5.02 Å². The van der Waals surface area contributed by atoms with Crippen molar-refractivity contribution in [1.29, 1.82) is 0 Å². The molecule has 3 aromatic rings. The number of carbonyl (C=O) groups excluding carboxylic acids is 2. The van der Waals surface area contributed by atoms with E-state index in [0.29, 0.717) is 24.9 Å². The third kappa shape index (κ3) is 5.39. The number of fused-ring (bicyclic) bond motifs is 2. The third-order valence-electron chi connectivity index (χ3n) is 6.72. The van der Waals surface area contributed by atoms with E-state index in [4.69, 9.17) is 23.8 Å². The first-order valence-corrected chi connectivity index (χ1v) is 12.8. The van der Waals surface area contributed by atoms with Gasteiger partial charge in [-0.3, -0.25) is 25.4 Å². The van der Waals surface area contributed by atoms with Crippen molar-refractivity contribution >= 4 is 46.6 Å². The molecule has 196 valence electrons. The highest BCUT2D eigenvalue weighted by molar-refractivity contribution is 7.80. The first kappa shape index (κ1) is 25.8. The number of halogens is 2. The van der Waals surface area contributed by atoms with Gasteiger partial charge in [-0.25, -0.2) is 9.37 Å². The number of benzene rings is 1. The van der Waals surface area contributed by atoms with Gasteiger partial charge in [-0.05, 0) is 59.9 Å². The minimum absolute atomic E-state index is 0.0149. The van der Waals surface area contributed by atoms with Crippen molar-refractivity contribution in [3.05, 3.63) is 87.6 Å². The second-order valence-corrected chi connectivity index (χ2v) is 10.1. The number of pyridine rings is 2. The molecule has 1 saturated heterocycles. The van der Waals surface area contributed by atoms with E-state index in [9.17, 15) is 14.0 Å². The Bertz CT molecular complexity index is 1420. The maximum absolute atomic E-state index is 14.7. The number of amides is 2. The molecule has 2 aromatic heterocycles. The Morgan fingerprint density at radius 1 is 1.18 bits per heavy atom. The van der Waals surface area contributed by atoms with Gasteiger partial charge in [0.2, 0.25) is 5.91 Å². The van der Waals surface area contributed by atoms with E-state index in [-0.39, 0.29) is 51.6 Å². The lowest BCUT2D eigenvalue weighted by atomic mass is 9.96. The lowest BCUT2D eigenvalue weighted by Gasteiger charge is -2.23. The highest BCUT2D eigenvalue weighted by Crippen LogP contribution is 2.33. The van der Waals surface area contributed by atoms with Crippen LogP contribution in [0.3, 0.4) is 0 Å². The van der Waals surface area contributed by atoms with E-state index in [1.54, 1.807) is 30.4 Å². The molecule has 1 aromatic carbocycles. The van der Waals surface area contributed by atoms with Crippen molar-refractivity contribution in [3.63, 3.8) is 0 Å². The molecule has 1 unspecified atom stereocenters. The van der Waals surface area contributed by atoms with Crippen LogP contribution >= 0.6 is 23.8 Å². The molecule has 0 radical (unpaired) electrons. The second-order valence-electron chi connectivity index (χ2n) is 9.24. The number of thiocarbonyl (C=S) groups is 1. The average molecular weight is 554 g/mol. The number of anilines is 1. The van der Waals surface area contributed by atoms with E-state index in [2.05, 4.69) is 31.5 Å². The fraction of sp³-hybridized carbons (Fsp3) is 0.269. The van der Waals surface area contributed by atoms with Gasteiger partial charge in [-0.2, -0.15) is 0 Å². The van der Waals surface area contributed by atoms with E-state index in [1.807, 2.05) is 12.1 Å². The summed E-state index contributed by atoms with van der Waals surface area (Å²) in [6.45, 7) is 0.457. The Morgan fingerprint density at radius 3 is 2.79 bits per heavy atom. The number of nitrogens with one attached hydrogen (secondary N) is 4. The first-order chi connectivity index (χ1) is 18.3. The lowest BCUT2D eigenvalue weighted by Crippen LogP contribution is -2.41. The molecule has 0 spiro atoms. The number of hydrazine groups is 1. The average Bonchev–Trinajstić information content (AvgIpc) is 3.12. The Kier molecular flexibility index (Phi) is 7.39. The van der Waals surface area contributed by atoms with Gasteiger partial charge in [-0.1, -0.05) is 23.7 Å². The molecule has 2 aliphatic rings. The van der Waals surface area contributed by atoms with Crippen molar-refractivity contribution in [2.75, 3.05) is 19.0 Å². The van der Waals surface area contributed by atoms with Crippen LogP contribution in [-0.2, 0) is 17.6 Å². The maximum atomic E-state index is 14.7. The van der Waals surface area contributed by atoms with Crippen LogP contribution in [0.5, 0.6) is 0 Å². The van der Waals surface area contributed by atoms with Crippen LogP contribution in [0.15, 0.2) is 48.9 Å². The molecule has 38 heavy (non-hydrogen) atoms. The number of aromatic nitrogens is 2. The van der Waals surface area contributed by atoms with Crippen molar-refractivity contribution in [2.24, 2.45) is 0 Å². The fourth-order valence-corrected chi connectivity index (χ4v) is 5.16. The zero-order valence-corrected chi connectivity index (χ0v) is 22.0. The number of hydrogen-bond acceptors (Lipinski definition) is 6. The molecule has 9 nitrogen and oxygen atoms in total. The van der Waals surface area contributed by atoms with Crippen molar-refractivity contribution < 1.29 is 14.0 Å². The summed E-state index contributed by atoms with van der Waals surface area (Å²) < 4.78 is 14.7. The number of rotatable bonds is 5. The SMILES string of the molecule is CN1C[C@@H](NC(=O)c2cnc(NNC(=S)NC3c4cnccc4CCc4c(F)cccc43)c(Cl)c2)CC1=O. The monoisotopic (exact) mass is 553 g/mol. The smallest absolute Gasteiger partial charge is 0.253 e. The molecule has 12 heteroatoms. The third-order valence-corrected chi connectivity index (χ3v) is 7.23. The van der Waals surface area contributed by atoms with Gasteiger partial charge in [-0.15, -0.1) is 0 Å². The van der Waals surface area contributed by atoms with Gasteiger partial charge < -0.3 is 15.5 Å². The number of likely N-dealkylation sites (N-methyl/N-ethyl adjacent to an activating group) is 1. The van der Waals surface area contributed by atoms with Crippen LogP contribution < -0.4 is 21.5 Å². The van der Waals surface area contributed by atoms with E-state index in [1.165, 1.54) is 18.3 Å². The maximum Gasteiger partial charge on any atom is 0.253 e. The summed E-state index contributed by atoms with van der Waals surface area (Å²) in [6.07, 6.45) is 6.40. The van der Waals surface area contributed by atoms with Crippen molar-refractivity contribution in [1.82, 2.24) is 30.9 Å². The van der Waals surface area contributed by atoms with Crippen LogP contribution in [0.4, 0.5) is 10.2 Å². The van der Waals surface area contributed by atoms with E-state index in [0.717, 1.165) is 16.7 Å². The lowest BCUT2D eigenvalue weighted by molar-refractivity contribution is -0.126. The van der Waals surface area contributed by atoms with Crippen LogP contribution in [0, 0.1) is 5.82 Å². The molecule has 4 N–H and O–H groups in total. The minimum atomic E-state index is -0.412. The Labute approximate surface area is 229 Å². The highest BCUT2D eigenvalue weighted by Gasteiger charge is 2.29. The summed E-state index contributed by atoms with van der Waals surface area (Å²) in [5, 5.41) is 6.51. The second kappa shape index (κ2) is 10.9. The molecule has 1 aliphatic heterocycles. The molecule has 1 fully saturated rings. The number of nitrogens with zero attached hydrogens (tertiary/aromatic N) is 3. The zero-order chi connectivity index (χ0) is 26.8. The van der Waals surface area contributed by atoms with Gasteiger partial charge in [0.15, 0.2) is 10.9 Å². The van der Waals surface area contributed by atoms with Crippen molar-refractivity contribution in [3.8, 4) is 0 Å². The minimum Gasteiger partial charge on any atom is -0.350 e. The summed E-state index contributed by atoms with van der Waals surface area (Å²) in [5.74, 6) is -0.370. The number of likely N-dealkylation sites (tertiary alicyclic amines) is 1. The number of aryl methyl sites for hydroxylation is 1. The number of carbonyl (C=O) groups is 2. The zero-order valence-electron chi connectivity index (χ0n) is 20.4. The Balaban J connectivity index is 1.25. The summed E-state index contributed by atoms with van der Waals surface area (Å²) in [4.78, 5) is 34.4. The molecule has 5 rings (SSSR count). The molecule has 3 heterocycles. The summed E-state index contributed by atoms with van der Waals surface area (Å²) in [7, 11) is 1.70. The normalized spacial score (nSPS) is 18.2. The predicted octanol–water partition coefficient (Wildman–Crippen LogP) is 2.91. The van der Waals surface area contributed by atoms with Gasteiger partial charge >= 0.3 is 0 Å². The summed E-state index contributed by atoms with van der Waals surface area (Å²) in [5.41, 5.74) is 9.41. The van der Waals surface area contributed by atoms with Gasteiger partial charge in [0.25, 0.3) is 5.91 Å². The van der Waals surface area contributed by atoms with E-state index < -0.39 is 6.04 Å². The van der Waals surface area contributed by atoms with E-state index >= 15 is 0 Å². The largest absolute Gasteiger partial charge is 0.350 e. The topological polar surface area (TPSA) is 111 Å². The van der Waals surface area contributed by atoms with Crippen LogP contribution in [-0.4, -0.2) is 51.4 Å². The van der Waals surface area contributed by atoms with Gasteiger partial charge in [0.05, 0.1) is 22.7 Å². The summed E-state index contributed by atoms with van der Waals surface area (Å²) in [6, 6.07) is 7.78. The Morgan fingerprint density at radius 2 is 2.03 bits per heavy atom. The predicted molar refractivity (Wildman–Crippen MR) is 145 cm³/mol. The van der Waals surface area contributed by atoms with Gasteiger partial charge in [0.1, 0.15) is 5.82 Å². The van der Waals surface area contributed by atoms with Crippen LogP contribution in [0.1, 0.15) is 45.1 Å². The molecule has 0 saturated carbocycles. The standard InChI is InChI=1S/C26H25ClFN7O2S/c1-35-13-16(10-22(35)36)31-25(37)15-9-20(27)24(30-11-15)33-34-26(38)32-23-18-3-2-4-21(28)17(18)6-5-14-7-8-29-12-19(14)23/h2-4,7-9,11-12,16,23H,5-6,10,13H2,1H3,(H,30,33)(H,31,37)(H2,32,34,38)/t16-,23?/m0/s1. The molecular formula is C26H25ClFN7O2S. The fourth-order valence-electron chi connectivity index (χ4n) is 4.78. The molecular weight excluding hydrogens is 529 g/mol. The molecule has 0 bridgehead atoms.